The monoisotopic (exact) mass is 239 g/mol. The SMILES string of the molecule is CC1C=Cc2nn(-c3ccccc3O)nc2C=C1. The van der Waals surface area contributed by atoms with Crippen LogP contribution in [0.5, 0.6) is 5.75 Å². The van der Waals surface area contributed by atoms with Crippen LogP contribution in [0.2, 0.25) is 0 Å². The van der Waals surface area contributed by atoms with E-state index in [1.807, 2.05) is 18.2 Å². The lowest BCUT2D eigenvalue weighted by Crippen LogP contribution is -1.99. The van der Waals surface area contributed by atoms with Crippen molar-refractivity contribution in [3.63, 3.8) is 0 Å². The summed E-state index contributed by atoms with van der Waals surface area (Å²) >= 11 is 0. The van der Waals surface area contributed by atoms with E-state index in [4.69, 9.17) is 0 Å². The highest BCUT2D eigenvalue weighted by Crippen LogP contribution is 2.22. The lowest BCUT2D eigenvalue weighted by molar-refractivity contribution is 0.467. The normalized spacial score (nSPS) is 14.5. The summed E-state index contributed by atoms with van der Waals surface area (Å²) in [5.41, 5.74) is 2.22. The number of phenolic OH excluding ortho intramolecular Hbond substituents is 1. The maximum Gasteiger partial charge on any atom is 0.143 e. The van der Waals surface area contributed by atoms with Gasteiger partial charge >= 0.3 is 0 Å². The number of aromatic hydroxyl groups is 1. The maximum absolute atomic E-state index is 9.79. The first-order chi connectivity index (χ1) is 8.74. The lowest BCUT2D eigenvalue weighted by Gasteiger charge is -2.01. The predicted molar refractivity (Wildman–Crippen MR) is 70.3 cm³/mol. The number of para-hydroxylation sites is 2. The molecule has 0 amide bonds. The Kier molecular flexibility index (Phi) is 2.48. The van der Waals surface area contributed by atoms with Gasteiger partial charge in [0.1, 0.15) is 22.8 Å². The van der Waals surface area contributed by atoms with Gasteiger partial charge in [-0.3, -0.25) is 0 Å². The fourth-order valence-corrected chi connectivity index (χ4v) is 1.86. The van der Waals surface area contributed by atoms with E-state index in [1.165, 1.54) is 4.80 Å². The Bertz CT molecular complexity index is 609. The molecule has 0 aliphatic heterocycles. The molecule has 3 rings (SSSR count). The number of benzene rings is 1. The van der Waals surface area contributed by atoms with Crippen molar-refractivity contribution in [3.05, 3.63) is 47.8 Å². The molecule has 1 aliphatic carbocycles. The molecule has 0 bridgehead atoms. The van der Waals surface area contributed by atoms with Crippen molar-refractivity contribution in [2.45, 2.75) is 6.92 Å². The van der Waals surface area contributed by atoms with Gasteiger partial charge in [0, 0.05) is 0 Å². The molecule has 1 heterocycles. The van der Waals surface area contributed by atoms with Gasteiger partial charge in [-0.1, -0.05) is 31.2 Å². The van der Waals surface area contributed by atoms with Gasteiger partial charge in [0.2, 0.25) is 0 Å². The van der Waals surface area contributed by atoms with Gasteiger partial charge in [-0.2, -0.15) is 0 Å². The highest BCUT2D eigenvalue weighted by molar-refractivity contribution is 5.62. The van der Waals surface area contributed by atoms with E-state index < -0.39 is 0 Å². The summed E-state index contributed by atoms with van der Waals surface area (Å²) in [5, 5.41) is 18.6. The lowest BCUT2D eigenvalue weighted by atomic mass is 10.2. The van der Waals surface area contributed by atoms with Gasteiger partial charge in [0.15, 0.2) is 0 Å². The molecule has 0 spiro atoms. The molecule has 1 N–H and O–H groups in total. The number of aromatic nitrogens is 3. The number of allylic oxidation sites excluding steroid dienone is 2. The van der Waals surface area contributed by atoms with Gasteiger partial charge in [0.25, 0.3) is 0 Å². The van der Waals surface area contributed by atoms with E-state index in [1.54, 1.807) is 18.2 Å². The van der Waals surface area contributed by atoms with Crippen molar-refractivity contribution < 1.29 is 5.11 Å². The highest BCUT2D eigenvalue weighted by Gasteiger charge is 2.12. The van der Waals surface area contributed by atoms with Crippen LogP contribution in [0.1, 0.15) is 18.3 Å². The number of fused-ring (bicyclic) bond motifs is 1. The van der Waals surface area contributed by atoms with Crippen molar-refractivity contribution in [2.24, 2.45) is 5.92 Å². The van der Waals surface area contributed by atoms with Crippen LogP contribution in [0.4, 0.5) is 0 Å². The van der Waals surface area contributed by atoms with Crippen LogP contribution >= 0.6 is 0 Å². The molecule has 2 aromatic rings. The molecule has 0 atom stereocenters. The van der Waals surface area contributed by atoms with E-state index in [9.17, 15) is 5.11 Å². The third kappa shape index (κ3) is 1.82. The Hall–Kier alpha value is -2.36. The smallest absolute Gasteiger partial charge is 0.143 e. The third-order valence-corrected chi connectivity index (χ3v) is 2.88. The number of rotatable bonds is 1. The van der Waals surface area contributed by atoms with E-state index in [0.717, 1.165) is 11.4 Å². The average molecular weight is 239 g/mol. The molecule has 1 aliphatic rings. The van der Waals surface area contributed by atoms with Crippen LogP contribution in [-0.2, 0) is 0 Å². The van der Waals surface area contributed by atoms with Crippen molar-refractivity contribution in [3.8, 4) is 11.4 Å². The summed E-state index contributed by atoms with van der Waals surface area (Å²) in [5.74, 6) is 0.559. The first kappa shape index (κ1) is 10.8. The fraction of sp³-hybridized carbons (Fsp3) is 0.143. The molecular weight excluding hydrogens is 226 g/mol. The predicted octanol–water partition coefficient (Wildman–Crippen LogP) is 2.65. The van der Waals surface area contributed by atoms with E-state index >= 15 is 0 Å². The summed E-state index contributed by atoms with van der Waals surface area (Å²) in [6.45, 7) is 2.11. The third-order valence-electron chi connectivity index (χ3n) is 2.88. The topological polar surface area (TPSA) is 50.9 Å². The van der Waals surface area contributed by atoms with Gasteiger partial charge in [-0.05, 0) is 30.2 Å². The summed E-state index contributed by atoms with van der Waals surface area (Å²) in [6, 6.07) is 7.02. The zero-order valence-corrected chi connectivity index (χ0v) is 9.99. The summed E-state index contributed by atoms with van der Waals surface area (Å²) in [6.07, 6.45) is 8.07. The number of phenols is 1. The van der Waals surface area contributed by atoms with Crippen LogP contribution in [0, 0.1) is 5.92 Å². The van der Waals surface area contributed by atoms with Crippen molar-refractivity contribution in [1.82, 2.24) is 15.0 Å². The van der Waals surface area contributed by atoms with Crippen LogP contribution in [-0.4, -0.2) is 20.1 Å². The first-order valence-electron chi connectivity index (χ1n) is 5.86. The average Bonchev–Trinajstić information content (AvgIpc) is 2.70. The second kappa shape index (κ2) is 4.14. The molecule has 4 nitrogen and oxygen atoms in total. The number of hydrogen-bond donors (Lipinski definition) is 1. The second-order valence-corrected chi connectivity index (χ2v) is 4.33. The molecule has 0 unspecified atom stereocenters. The standard InChI is InChI=1S/C14H13N3O/c1-10-6-8-11-12(9-7-10)16-17(15-11)13-4-2-3-5-14(13)18/h2-10,18H,1H3. The Morgan fingerprint density at radius 3 is 2.28 bits per heavy atom. The molecule has 0 saturated carbocycles. The second-order valence-electron chi connectivity index (χ2n) is 4.33. The molecule has 1 aromatic carbocycles. The molecule has 0 fully saturated rings. The maximum atomic E-state index is 9.79. The van der Waals surface area contributed by atoms with Crippen molar-refractivity contribution in [1.29, 1.82) is 0 Å². The van der Waals surface area contributed by atoms with E-state index in [-0.39, 0.29) is 5.75 Å². The Morgan fingerprint density at radius 2 is 1.67 bits per heavy atom. The first-order valence-corrected chi connectivity index (χ1v) is 5.86. The zero-order chi connectivity index (χ0) is 12.5. The fourth-order valence-electron chi connectivity index (χ4n) is 1.86. The molecular formula is C14H13N3O. The van der Waals surface area contributed by atoms with E-state index in [0.29, 0.717) is 11.6 Å². The Labute approximate surface area is 105 Å². The van der Waals surface area contributed by atoms with Crippen LogP contribution in [0.15, 0.2) is 36.4 Å². The summed E-state index contributed by atoms with van der Waals surface area (Å²) < 4.78 is 0. The molecule has 0 saturated heterocycles. The van der Waals surface area contributed by atoms with Crippen molar-refractivity contribution >= 4 is 12.2 Å². The minimum Gasteiger partial charge on any atom is -0.506 e. The summed E-state index contributed by atoms with van der Waals surface area (Å²) in [4.78, 5) is 1.46. The van der Waals surface area contributed by atoms with Crippen LogP contribution < -0.4 is 0 Å². The van der Waals surface area contributed by atoms with Crippen LogP contribution in [0.3, 0.4) is 0 Å². The zero-order valence-electron chi connectivity index (χ0n) is 9.99. The van der Waals surface area contributed by atoms with Gasteiger partial charge in [0.05, 0.1) is 0 Å². The van der Waals surface area contributed by atoms with Crippen LogP contribution in [0.25, 0.3) is 17.8 Å². The van der Waals surface area contributed by atoms with Gasteiger partial charge < -0.3 is 5.11 Å². The minimum absolute atomic E-state index is 0.170. The largest absolute Gasteiger partial charge is 0.506 e. The minimum atomic E-state index is 0.170. The summed E-state index contributed by atoms with van der Waals surface area (Å²) in [7, 11) is 0. The number of hydrogen-bond acceptors (Lipinski definition) is 3. The van der Waals surface area contributed by atoms with Gasteiger partial charge in [-0.15, -0.1) is 15.0 Å². The number of nitrogens with zero attached hydrogens (tertiary/aromatic N) is 3. The Balaban J connectivity index is 2.08. The molecule has 4 heteroatoms. The van der Waals surface area contributed by atoms with E-state index in [2.05, 4.69) is 29.3 Å². The molecule has 0 radical (unpaired) electrons. The van der Waals surface area contributed by atoms with Crippen molar-refractivity contribution in [2.75, 3.05) is 0 Å². The highest BCUT2D eigenvalue weighted by atomic mass is 16.3. The molecule has 1 aromatic heterocycles. The molecule has 90 valence electrons. The Morgan fingerprint density at radius 1 is 1.06 bits per heavy atom. The van der Waals surface area contributed by atoms with Gasteiger partial charge in [-0.25, -0.2) is 0 Å². The quantitative estimate of drug-likeness (QED) is 0.832. The molecule has 18 heavy (non-hydrogen) atoms.